The van der Waals surface area contributed by atoms with Crippen LogP contribution in [-0.4, -0.2) is 33.2 Å². The van der Waals surface area contributed by atoms with Crippen molar-refractivity contribution in [1.82, 2.24) is 9.78 Å². The smallest absolute Gasteiger partial charge is 0.357 e. The molecular weight excluding hydrogens is 436 g/mol. The number of nitro benzene ring substituents is 1. The number of benzene rings is 3. The molecule has 0 radical (unpaired) electrons. The standard InChI is InChI=1S/C25H20N4O5/c1-17-9-8-14-21(29(32)33)24(17)26-23(30)16-34-25(31)22-15-20(18-10-4-2-5-11-18)27-28(22)19-12-6-3-7-13-19/h2-15H,16H2,1H3,(H,26,30). The molecule has 0 fully saturated rings. The number of aromatic nitrogens is 2. The Morgan fingerprint density at radius 2 is 1.68 bits per heavy atom. The molecule has 170 valence electrons. The Morgan fingerprint density at radius 3 is 2.35 bits per heavy atom. The lowest BCUT2D eigenvalue weighted by atomic mass is 10.1. The second kappa shape index (κ2) is 9.78. The average molecular weight is 456 g/mol. The highest BCUT2D eigenvalue weighted by Gasteiger charge is 2.22. The van der Waals surface area contributed by atoms with Crippen LogP contribution in [0.5, 0.6) is 0 Å². The zero-order valence-corrected chi connectivity index (χ0v) is 18.2. The van der Waals surface area contributed by atoms with Gasteiger partial charge >= 0.3 is 5.97 Å². The number of amides is 1. The number of carbonyl (C=O) groups excluding carboxylic acids is 2. The molecule has 0 aliphatic carbocycles. The van der Waals surface area contributed by atoms with Gasteiger partial charge in [0.15, 0.2) is 12.3 Å². The number of nitrogens with zero attached hydrogens (tertiary/aromatic N) is 3. The number of para-hydroxylation sites is 2. The van der Waals surface area contributed by atoms with Gasteiger partial charge in [0.05, 0.1) is 16.3 Å². The number of esters is 1. The Morgan fingerprint density at radius 1 is 1.00 bits per heavy atom. The molecule has 0 bridgehead atoms. The second-order valence-corrected chi connectivity index (χ2v) is 7.38. The van der Waals surface area contributed by atoms with Crippen molar-refractivity contribution >= 4 is 23.3 Å². The molecule has 1 aromatic heterocycles. The van der Waals surface area contributed by atoms with E-state index in [-0.39, 0.29) is 17.1 Å². The predicted molar refractivity (Wildman–Crippen MR) is 126 cm³/mol. The van der Waals surface area contributed by atoms with Crippen LogP contribution < -0.4 is 5.32 Å². The molecule has 1 heterocycles. The lowest BCUT2D eigenvalue weighted by Crippen LogP contribution is -2.23. The van der Waals surface area contributed by atoms with Crippen molar-refractivity contribution < 1.29 is 19.2 Å². The average Bonchev–Trinajstić information content (AvgIpc) is 3.30. The minimum Gasteiger partial charge on any atom is -0.451 e. The molecular formula is C25H20N4O5. The fourth-order valence-electron chi connectivity index (χ4n) is 3.39. The second-order valence-electron chi connectivity index (χ2n) is 7.38. The highest BCUT2D eigenvalue weighted by atomic mass is 16.6. The molecule has 1 N–H and O–H groups in total. The highest BCUT2D eigenvalue weighted by molar-refractivity contribution is 5.97. The fraction of sp³-hybridized carbons (Fsp3) is 0.0800. The van der Waals surface area contributed by atoms with Crippen molar-refractivity contribution in [3.8, 4) is 16.9 Å². The third-order valence-electron chi connectivity index (χ3n) is 5.04. The Bertz CT molecular complexity index is 1350. The minimum absolute atomic E-state index is 0.0641. The quantitative estimate of drug-likeness (QED) is 0.248. The van der Waals surface area contributed by atoms with Crippen LogP contribution in [0.25, 0.3) is 16.9 Å². The van der Waals surface area contributed by atoms with Crippen molar-refractivity contribution in [2.45, 2.75) is 6.92 Å². The number of nitrogens with one attached hydrogen (secondary N) is 1. The van der Waals surface area contributed by atoms with Gasteiger partial charge in [0, 0.05) is 11.6 Å². The summed E-state index contributed by atoms with van der Waals surface area (Å²) in [4.78, 5) is 36.0. The molecule has 0 unspecified atom stereocenters. The van der Waals surface area contributed by atoms with Gasteiger partial charge in [-0.15, -0.1) is 0 Å². The molecule has 0 saturated heterocycles. The van der Waals surface area contributed by atoms with E-state index >= 15 is 0 Å². The predicted octanol–water partition coefficient (Wildman–Crippen LogP) is 4.55. The van der Waals surface area contributed by atoms with Crippen molar-refractivity contribution in [2.24, 2.45) is 0 Å². The number of carbonyl (C=O) groups is 2. The summed E-state index contributed by atoms with van der Waals surface area (Å²) in [5.74, 6) is -1.45. The molecule has 9 heteroatoms. The van der Waals surface area contributed by atoms with Crippen LogP contribution in [0.4, 0.5) is 11.4 Å². The number of aryl methyl sites for hydroxylation is 1. The van der Waals surface area contributed by atoms with Crippen LogP contribution in [0.1, 0.15) is 16.1 Å². The molecule has 9 nitrogen and oxygen atoms in total. The topological polar surface area (TPSA) is 116 Å². The summed E-state index contributed by atoms with van der Waals surface area (Å²) in [6.45, 7) is 1.02. The molecule has 0 aliphatic heterocycles. The first-order valence-electron chi connectivity index (χ1n) is 10.4. The van der Waals surface area contributed by atoms with E-state index in [0.29, 0.717) is 16.9 Å². The number of hydrogen-bond acceptors (Lipinski definition) is 6. The van der Waals surface area contributed by atoms with Crippen molar-refractivity contribution in [1.29, 1.82) is 0 Å². The van der Waals surface area contributed by atoms with E-state index in [0.717, 1.165) is 5.56 Å². The minimum atomic E-state index is -0.757. The summed E-state index contributed by atoms with van der Waals surface area (Å²) in [6, 6.07) is 24.5. The number of anilines is 1. The Labute approximate surface area is 194 Å². The molecule has 4 aromatic rings. The number of nitro groups is 1. The first-order valence-corrected chi connectivity index (χ1v) is 10.4. The van der Waals surface area contributed by atoms with Crippen molar-refractivity contribution in [2.75, 3.05) is 11.9 Å². The summed E-state index contributed by atoms with van der Waals surface area (Å²) >= 11 is 0. The van der Waals surface area contributed by atoms with E-state index in [9.17, 15) is 19.7 Å². The van der Waals surface area contributed by atoms with E-state index in [2.05, 4.69) is 10.4 Å². The molecule has 34 heavy (non-hydrogen) atoms. The zero-order valence-electron chi connectivity index (χ0n) is 18.2. The lowest BCUT2D eigenvalue weighted by Gasteiger charge is -2.10. The van der Waals surface area contributed by atoms with Gasteiger partial charge in [-0.1, -0.05) is 60.7 Å². The maximum absolute atomic E-state index is 12.9. The summed E-state index contributed by atoms with van der Waals surface area (Å²) < 4.78 is 6.69. The number of rotatable bonds is 7. The van der Waals surface area contributed by atoms with E-state index < -0.39 is 23.4 Å². The first kappa shape index (κ1) is 22.4. The molecule has 0 spiro atoms. The van der Waals surface area contributed by atoms with Crippen LogP contribution in [-0.2, 0) is 9.53 Å². The fourth-order valence-corrected chi connectivity index (χ4v) is 3.39. The monoisotopic (exact) mass is 456 g/mol. The van der Waals surface area contributed by atoms with Gasteiger partial charge in [0.1, 0.15) is 5.69 Å². The van der Waals surface area contributed by atoms with Crippen LogP contribution in [0.2, 0.25) is 0 Å². The van der Waals surface area contributed by atoms with Gasteiger partial charge in [-0.25, -0.2) is 9.48 Å². The maximum Gasteiger partial charge on any atom is 0.357 e. The molecule has 1 amide bonds. The third-order valence-corrected chi connectivity index (χ3v) is 5.04. The van der Waals surface area contributed by atoms with Crippen LogP contribution >= 0.6 is 0 Å². The summed E-state index contributed by atoms with van der Waals surface area (Å²) in [5.41, 5.74) is 2.51. The van der Waals surface area contributed by atoms with Gasteiger partial charge in [-0.05, 0) is 30.7 Å². The Hall–Kier alpha value is -4.79. The summed E-state index contributed by atoms with van der Waals surface area (Å²) in [5, 5.41) is 18.3. The van der Waals surface area contributed by atoms with Gasteiger partial charge in [-0.3, -0.25) is 14.9 Å². The molecule has 0 atom stereocenters. The molecule has 4 rings (SSSR count). The van der Waals surface area contributed by atoms with Crippen LogP contribution in [0.15, 0.2) is 84.9 Å². The molecule has 3 aromatic carbocycles. The molecule has 0 saturated carbocycles. The normalized spacial score (nSPS) is 10.5. The first-order chi connectivity index (χ1) is 16.4. The van der Waals surface area contributed by atoms with Crippen molar-refractivity contribution in [3.05, 3.63) is 106 Å². The van der Waals surface area contributed by atoms with Gasteiger partial charge in [0.2, 0.25) is 0 Å². The summed E-state index contributed by atoms with van der Waals surface area (Å²) in [6.07, 6.45) is 0. The summed E-state index contributed by atoms with van der Waals surface area (Å²) in [7, 11) is 0. The number of ether oxygens (including phenoxy) is 1. The zero-order chi connectivity index (χ0) is 24.1. The van der Waals surface area contributed by atoms with E-state index in [1.54, 1.807) is 31.2 Å². The van der Waals surface area contributed by atoms with Gasteiger partial charge in [0.25, 0.3) is 11.6 Å². The van der Waals surface area contributed by atoms with Gasteiger partial charge in [-0.2, -0.15) is 5.10 Å². The lowest BCUT2D eigenvalue weighted by molar-refractivity contribution is -0.384. The van der Waals surface area contributed by atoms with E-state index in [1.165, 1.54) is 16.8 Å². The van der Waals surface area contributed by atoms with Crippen LogP contribution in [0.3, 0.4) is 0 Å². The van der Waals surface area contributed by atoms with Crippen LogP contribution in [0, 0.1) is 17.0 Å². The van der Waals surface area contributed by atoms with Crippen molar-refractivity contribution in [3.63, 3.8) is 0 Å². The Kier molecular flexibility index (Phi) is 6.45. The third kappa shape index (κ3) is 4.83. The highest BCUT2D eigenvalue weighted by Crippen LogP contribution is 2.27. The largest absolute Gasteiger partial charge is 0.451 e. The van der Waals surface area contributed by atoms with E-state index in [4.69, 9.17) is 4.74 Å². The Balaban J connectivity index is 1.55. The maximum atomic E-state index is 12.9. The molecule has 0 aliphatic rings. The van der Waals surface area contributed by atoms with E-state index in [1.807, 2.05) is 48.5 Å². The number of hydrogen-bond donors (Lipinski definition) is 1. The SMILES string of the molecule is Cc1cccc([N+](=O)[O-])c1NC(=O)COC(=O)c1cc(-c2ccccc2)nn1-c1ccccc1. The van der Waals surface area contributed by atoms with Gasteiger partial charge < -0.3 is 10.1 Å².